The zero-order valence-electron chi connectivity index (χ0n) is 10.1. The van der Waals surface area contributed by atoms with Crippen molar-refractivity contribution >= 4 is 5.57 Å². The summed E-state index contributed by atoms with van der Waals surface area (Å²) in [7, 11) is 1.69. The molecule has 3 heteroatoms. The molecule has 1 N–H and O–H groups in total. The van der Waals surface area contributed by atoms with Gasteiger partial charge in [0.2, 0.25) is 0 Å². The lowest BCUT2D eigenvalue weighted by Crippen LogP contribution is -2.34. The molecule has 0 bridgehead atoms. The highest BCUT2D eigenvalue weighted by atomic mass is 16.5. The van der Waals surface area contributed by atoms with Gasteiger partial charge in [0, 0.05) is 12.7 Å². The molecule has 0 radical (unpaired) electrons. The van der Waals surface area contributed by atoms with Gasteiger partial charge >= 0.3 is 0 Å². The highest BCUT2D eigenvalue weighted by molar-refractivity contribution is 5.70. The van der Waals surface area contributed by atoms with Crippen molar-refractivity contribution in [3.63, 3.8) is 0 Å². The number of ether oxygens (including phenoxy) is 1. The van der Waals surface area contributed by atoms with Gasteiger partial charge in [-0.25, -0.2) is 0 Å². The first-order valence-corrected chi connectivity index (χ1v) is 6.28. The summed E-state index contributed by atoms with van der Waals surface area (Å²) < 4.78 is 5.25. The molecule has 1 aromatic heterocycles. The molecule has 0 aromatic carbocycles. The SMILES string of the molecule is COc1cncc(C2=CC[C@H]3CCNC[C@@H]23)c1. The Hall–Kier alpha value is -1.35. The summed E-state index contributed by atoms with van der Waals surface area (Å²) >= 11 is 0. The summed E-state index contributed by atoms with van der Waals surface area (Å²) in [5.74, 6) is 2.34. The van der Waals surface area contributed by atoms with Gasteiger partial charge in [0.25, 0.3) is 0 Å². The number of pyridine rings is 1. The minimum Gasteiger partial charge on any atom is -0.495 e. The van der Waals surface area contributed by atoms with Crippen molar-refractivity contribution in [2.45, 2.75) is 12.8 Å². The minimum absolute atomic E-state index is 0.664. The number of allylic oxidation sites excluding steroid dienone is 1. The smallest absolute Gasteiger partial charge is 0.137 e. The predicted molar refractivity (Wildman–Crippen MR) is 67.8 cm³/mol. The van der Waals surface area contributed by atoms with E-state index in [1.165, 1.54) is 30.5 Å². The van der Waals surface area contributed by atoms with E-state index < -0.39 is 0 Å². The lowest BCUT2D eigenvalue weighted by atomic mass is 9.84. The van der Waals surface area contributed by atoms with E-state index in [-0.39, 0.29) is 0 Å². The summed E-state index contributed by atoms with van der Waals surface area (Å²) in [6.07, 6.45) is 8.61. The molecular weight excluding hydrogens is 212 g/mol. The molecule has 17 heavy (non-hydrogen) atoms. The number of hydrogen-bond acceptors (Lipinski definition) is 3. The van der Waals surface area contributed by atoms with Crippen LogP contribution in [-0.2, 0) is 0 Å². The van der Waals surface area contributed by atoms with E-state index in [9.17, 15) is 0 Å². The van der Waals surface area contributed by atoms with Crippen LogP contribution in [0.4, 0.5) is 0 Å². The number of nitrogens with one attached hydrogen (secondary N) is 1. The molecule has 2 heterocycles. The maximum Gasteiger partial charge on any atom is 0.137 e. The number of piperidine rings is 1. The van der Waals surface area contributed by atoms with E-state index >= 15 is 0 Å². The highest BCUT2D eigenvalue weighted by Crippen LogP contribution is 2.41. The zero-order chi connectivity index (χ0) is 11.7. The standard InChI is InChI=1S/C14H18N2O/c1-17-12-6-11(7-16-8-12)13-3-2-10-4-5-15-9-14(10)13/h3,6-8,10,14-15H,2,4-5,9H2,1H3/t10-,14+/m0/s1. The van der Waals surface area contributed by atoms with Crippen molar-refractivity contribution in [3.8, 4) is 5.75 Å². The Labute approximate surface area is 102 Å². The molecule has 1 fully saturated rings. The lowest BCUT2D eigenvalue weighted by molar-refractivity contribution is 0.328. The normalized spacial score (nSPS) is 27.5. The Bertz CT molecular complexity index is 442. The van der Waals surface area contributed by atoms with Crippen LogP contribution in [0, 0.1) is 11.8 Å². The molecule has 0 unspecified atom stereocenters. The number of aromatic nitrogens is 1. The van der Waals surface area contributed by atoms with Gasteiger partial charge in [-0.3, -0.25) is 4.98 Å². The third kappa shape index (κ3) is 1.95. The van der Waals surface area contributed by atoms with Crippen LogP contribution in [0.5, 0.6) is 5.75 Å². The molecule has 1 aliphatic carbocycles. The fourth-order valence-electron chi connectivity index (χ4n) is 3.01. The van der Waals surface area contributed by atoms with Gasteiger partial charge in [0.05, 0.1) is 13.3 Å². The maximum atomic E-state index is 5.25. The molecule has 1 aliphatic heterocycles. The van der Waals surface area contributed by atoms with Crippen molar-refractivity contribution in [2.24, 2.45) is 11.8 Å². The molecule has 90 valence electrons. The summed E-state index contributed by atoms with van der Waals surface area (Å²) in [4.78, 5) is 4.25. The van der Waals surface area contributed by atoms with Crippen LogP contribution in [0.1, 0.15) is 18.4 Å². The second-order valence-electron chi connectivity index (χ2n) is 4.87. The molecular formula is C14H18N2O. The molecule has 1 aromatic rings. The van der Waals surface area contributed by atoms with Gasteiger partial charge in [-0.05, 0) is 48.4 Å². The monoisotopic (exact) mass is 230 g/mol. The second-order valence-corrected chi connectivity index (χ2v) is 4.87. The third-order valence-corrected chi connectivity index (χ3v) is 3.95. The average Bonchev–Trinajstić information content (AvgIpc) is 2.82. The van der Waals surface area contributed by atoms with Crippen molar-refractivity contribution in [2.75, 3.05) is 20.2 Å². The van der Waals surface area contributed by atoms with Gasteiger partial charge in [-0.2, -0.15) is 0 Å². The molecule has 3 rings (SSSR count). The predicted octanol–water partition coefficient (Wildman–Crippen LogP) is 2.10. The first-order valence-electron chi connectivity index (χ1n) is 6.28. The summed E-state index contributed by atoms with van der Waals surface area (Å²) in [5.41, 5.74) is 2.68. The van der Waals surface area contributed by atoms with Crippen LogP contribution in [0.15, 0.2) is 24.5 Å². The molecule has 2 aliphatic rings. The Morgan fingerprint density at radius 2 is 2.35 bits per heavy atom. The molecule has 2 atom stereocenters. The number of fused-ring (bicyclic) bond motifs is 1. The highest BCUT2D eigenvalue weighted by Gasteiger charge is 2.32. The van der Waals surface area contributed by atoms with Crippen LogP contribution in [-0.4, -0.2) is 25.2 Å². The molecule has 1 saturated heterocycles. The first-order chi connectivity index (χ1) is 8.38. The number of rotatable bonds is 2. The van der Waals surface area contributed by atoms with E-state index in [1.54, 1.807) is 13.3 Å². The number of methoxy groups -OCH3 is 1. The van der Waals surface area contributed by atoms with Gasteiger partial charge < -0.3 is 10.1 Å². The van der Waals surface area contributed by atoms with Gasteiger partial charge in [0.15, 0.2) is 0 Å². The van der Waals surface area contributed by atoms with Crippen molar-refractivity contribution in [3.05, 3.63) is 30.1 Å². The molecule has 0 amide bonds. The molecule has 0 spiro atoms. The minimum atomic E-state index is 0.664. The quantitative estimate of drug-likeness (QED) is 0.845. The third-order valence-electron chi connectivity index (χ3n) is 3.95. The lowest BCUT2D eigenvalue weighted by Gasteiger charge is -2.28. The summed E-state index contributed by atoms with van der Waals surface area (Å²) in [6.45, 7) is 2.27. The largest absolute Gasteiger partial charge is 0.495 e. The van der Waals surface area contributed by atoms with E-state index in [0.717, 1.165) is 18.2 Å². The van der Waals surface area contributed by atoms with Gasteiger partial charge in [0.1, 0.15) is 5.75 Å². The number of nitrogens with zero attached hydrogens (tertiary/aromatic N) is 1. The fourth-order valence-corrected chi connectivity index (χ4v) is 3.01. The van der Waals surface area contributed by atoms with Crippen molar-refractivity contribution < 1.29 is 4.74 Å². The Kier molecular flexibility index (Phi) is 2.85. The van der Waals surface area contributed by atoms with Gasteiger partial charge in [-0.15, -0.1) is 0 Å². The van der Waals surface area contributed by atoms with E-state index in [2.05, 4.69) is 22.4 Å². The maximum absolute atomic E-state index is 5.25. The Balaban J connectivity index is 1.88. The van der Waals surface area contributed by atoms with Crippen LogP contribution < -0.4 is 10.1 Å². The number of hydrogen-bond donors (Lipinski definition) is 1. The van der Waals surface area contributed by atoms with Crippen LogP contribution >= 0.6 is 0 Å². The fraction of sp³-hybridized carbons (Fsp3) is 0.500. The average molecular weight is 230 g/mol. The zero-order valence-corrected chi connectivity index (χ0v) is 10.1. The van der Waals surface area contributed by atoms with Crippen molar-refractivity contribution in [1.29, 1.82) is 0 Å². The van der Waals surface area contributed by atoms with Gasteiger partial charge in [-0.1, -0.05) is 6.08 Å². The second kappa shape index (κ2) is 4.49. The summed E-state index contributed by atoms with van der Waals surface area (Å²) in [5, 5.41) is 3.49. The first kappa shape index (κ1) is 10.8. The summed E-state index contributed by atoms with van der Waals surface area (Å²) in [6, 6.07) is 2.09. The van der Waals surface area contributed by atoms with E-state index in [4.69, 9.17) is 4.74 Å². The molecule has 0 saturated carbocycles. The van der Waals surface area contributed by atoms with E-state index in [0.29, 0.717) is 5.92 Å². The van der Waals surface area contributed by atoms with Crippen LogP contribution in [0.2, 0.25) is 0 Å². The Morgan fingerprint density at radius 3 is 3.24 bits per heavy atom. The van der Waals surface area contributed by atoms with Crippen LogP contribution in [0.3, 0.4) is 0 Å². The van der Waals surface area contributed by atoms with E-state index in [1.807, 2.05) is 6.20 Å². The molecule has 3 nitrogen and oxygen atoms in total. The van der Waals surface area contributed by atoms with Crippen molar-refractivity contribution in [1.82, 2.24) is 10.3 Å². The Morgan fingerprint density at radius 1 is 1.41 bits per heavy atom. The van der Waals surface area contributed by atoms with Crippen LogP contribution in [0.25, 0.3) is 5.57 Å². The topological polar surface area (TPSA) is 34.1 Å².